The van der Waals surface area contributed by atoms with E-state index < -0.39 is 0 Å². The number of benzene rings is 1. The first-order chi connectivity index (χ1) is 3.39. The van der Waals surface area contributed by atoms with Crippen LogP contribution in [0.4, 0.5) is 0 Å². The van der Waals surface area contributed by atoms with Crippen LogP contribution in [0.5, 0.6) is 0 Å². The summed E-state index contributed by atoms with van der Waals surface area (Å²) in [5.74, 6) is 0. The molecule has 9 heavy (non-hydrogen) atoms. The molecule has 0 saturated carbocycles. The fourth-order valence-electron chi connectivity index (χ4n) is 0.428. The van der Waals surface area contributed by atoms with Crippen molar-refractivity contribution in [2.45, 2.75) is 4.90 Å². The summed E-state index contributed by atoms with van der Waals surface area (Å²) in [6, 6.07) is 9.79. The van der Waals surface area contributed by atoms with Crippen molar-refractivity contribution >= 4 is 12.6 Å². The van der Waals surface area contributed by atoms with Gasteiger partial charge in [-0.2, -0.15) is 0 Å². The van der Waals surface area contributed by atoms with Crippen LogP contribution in [-0.4, -0.2) is 5.48 Å². The Hall–Kier alpha value is 0.582. The molecule has 1 aromatic rings. The molecule has 1 rings (SSSR count). The molecule has 0 unspecified atom stereocenters. The minimum Gasteiger partial charge on any atom is -0.412 e. The van der Waals surface area contributed by atoms with Crippen LogP contribution in [0, 0.1) is 31.1 Å². The summed E-state index contributed by atoms with van der Waals surface area (Å²) < 4.78 is 0. The third-order valence-electron chi connectivity index (χ3n) is 0.756. The van der Waals surface area contributed by atoms with Crippen molar-refractivity contribution in [3.8, 4) is 0 Å². The minimum absolute atomic E-state index is 0. The van der Waals surface area contributed by atoms with Gasteiger partial charge in [0.25, 0.3) is 0 Å². The number of hydrogen-bond donors (Lipinski definition) is 1. The van der Waals surface area contributed by atoms with Gasteiger partial charge in [0.05, 0.1) is 0 Å². The molecule has 3 heteroatoms. The van der Waals surface area contributed by atoms with Gasteiger partial charge in [0, 0.05) is 36.0 Å². The van der Waals surface area contributed by atoms with E-state index in [4.69, 9.17) is 0 Å². The van der Waals surface area contributed by atoms with E-state index >= 15 is 0 Å². The molecular weight excluding hydrogens is 358 g/mol. The molecule has 0 aliphatic carbocycles. The fraction of sp³-hybridized carbons (Fsp3) is 0. The molecule has 0 spiro atoms. The van der Waals surface area contributed by atoms with E-state index in [1.807, 2.05) is 30.3 Å². The molecule has 0 radical (unpaired) electrons. The third kappa shape index (κ3) is 5.05. The minimum atomic E-state index is 0. The van der Waals surface area contributed by atoms with Gasteiger partial charge in [-0.25, -0.2) is 0 Å². The van der Waals surface area contributed by atoms with E-state index in [1.54, 1.807) is 0 Å². The van der Waals surface area contributed by atoms with Gasteiger partial charge in [-0.05, 0) is 12.1 Å². The predicted molar refractivity (Wildman–Crippen MR) is 37.3 cm³/mol. The SMILES string of the molecule is O.Sc1ccccc1.[U]. The zero-order valence-corrected chi connectivity index (χ0v) is 9.89. The molecule has 0 amide bonds. The van der Waals surface area contributed by atoms with Crippen LogP contribution in [0.25, 0.3) is 0 Å². The largest absolute Gasteiger partial charge is 0.412 e. The Bertz CT molecular complexity index is 143. The fourth-order valence-corrected chi connectivity index (χ4v) is 0.600. The first-order valence-corrected chi connectivity index (χ1v) is 2.58. The first-order valence-electron chi connectivity index (χ1n) is 2.13. The first kappa shape index (κ1) is 12.3. The van der Waals surface area contributed by atoms with Gasteiger partial charge in [-0.3, -0.25) is 0 Å². The summed E-state index contributed by atoms with van der Waals surface area (Å²) in [6.07, 6.45) is 0. The van der Waals surface area contributed by atoms with Gasteiger partial charge in [-0.1, -0.05) is 18.2 Å². The zero-order chi connectivity index (χ0) is 5.11. The van der Waals surface area contributed by atoms with Crippen molar-refractivity contribution in [1.82, 2.24) is 0 Å². The van der Waals surface area contributed by atoms with Crippen molar-refractivity contribution < 1.29 is 36.6 Å². The summed E-state index contributed by atoms with van der Waals surface area (Å²) in [7, 11) is 0. The molecule has 0 heterocycles. The van der Waals surface area contributed by atoms with Gasteiger partial charge in [0.1, 0.15) is 0 Å². The van der Waals surface area contributed by atoms with Gasteiger partial charge < -0.3 is 5.48 Å². The van der Waals surface area contributed by atoms with Gasteiger partial charge in [0.2, 0.25) is 0 Å². The quantitative estimate of drug-likeness (QED) is 0.669. The van der Waals surface area contributed by atoms with Crippen molar-refractivity contribution in [3.63, 3.8) is 0 Å². The van der Waals surface area contributed by atoms with Gasteiger partial charge in [-0.15, -0.1) is 12.6 Å². The predicted octanol–water partition coefficient (Wildman–Crippen LogP) is 1.15. The van der Waals surface area contributed by atoms with Crippen LogP contribution < -0.4 is 0 Å². The van der Waals surface area contributed by atoms with Crippen molar-refractivity contribution in [3.05, 3.63) is 30.3 Å². The second-order valence-electron chi connectivity index (χ2n) is 1.34. The van der Waals surface area contributed by atoms with Crippen molar-refractivity contribution in [1.29, 1.82) is 0 Å². The Morgan fingerprint density at radius 1 is 1.00 bits per heavy atom. The molecule has 0 atom stereocenters. The Balaban J connectivity index is 0. The maximum absolute atomic E-state index is 4.08. The van der Waals surface area contributed by atoms with Crippen molar-refractivity contribution in [2.24, 2.45) is 0 Å². The molecule has 0 aliphatic heterocycles. The Kier molecular flexibility index (Phi) is 9.14. The average Bonchev–Trinajstić information content (AvgIpc) is 1.69. The average molecular weight is 366 g/mol. The molecule has 0 fully saturated rings. The van der Waals surface area contributed by atoms with Crippen molar-refractivity contribution in [2.75, 3.05) is 0 Å². The van der Waals surface area contributed by atoms with E-state index in [0.717, 1.165) is 4.90 Å². The molecule has 0 aromatic heterocycles. The molecule has 2 N–H and O–H groups in total. The second kappa shape index (κ2) is 6.70. The summed E-state index contributed by atoms with van der Waals surface area (Å²) >= 11 is 4.08. The molecule has 0 aliphatic rings. The van der Waals surface area contributed by atoms with E-state index in [9.17, 15) is 0 Å². The smallest absolute Gasteiger partial charge is 0.00399 e. The Morgan fingerprint density at radius 3 is 1.67 bits per heavy atom. The summed E-state index contributed by atoms with van der Waals surface area (Å²) in [5, 5.41) is 0. The Morgan fingerprint density at radius 2 is 1.44 bits per heavy atom. The van der Waals surface area contributed by atoms with E-state index in [0.29, 0.717) is 0 Å². The van der Waals surface area contributed by atoms with Crippen LogP contribution >= 0.6 is 12.6 Å². The zero-order valence-electron chi connectivity index (χ0n) is 4.83. The molecule has 0 saturated heterocycles. The van der Waals surface area contributed by atoms with Crippen LogP contribution in [0.3, 0.4) is 0 Å². The van der Waals surface area contributed by atoms with Crippen LogP contribution in [0.2, 0.25) is 0 Å². The van der Waals surface area contributed by atoms with Crippen LogP contribution in [0.1, 0.15) is 0 Å². The number of hydrogen-bond acceptors (Lipinski definition) is 1. The van der Waals surface area contributed by atoms with E-state index in [-0.39, 0.29) is 36.6 Å². The normalized spacial score (nSPS) is 6.78. The van der Waals surface area contributed by atoms with Gasteiger partial charge in [0.15, 0.2) is 0 Å². The Labute approximate surface area is 83.9 Å². The maximum atomic E-state index is 4.08. The van der Waals surface area contributed by atoms with Crippen LogP contribution in [0.15, 0.2) is 35.2 Å². The second-order valence-corrected chi connectivity index (χ2v) is 1.85. The molecule has 48 valence electrons. The molecular formula is C6H8OSU. The molecule has 1 nitrogen and oxygen atoms in total. The van der Waals surface area contributed by atoms with Gasteiger partial charge >= 0.3 is 0 Å². The maximum Gasteiger partial charge on any atom is 0.00399 e. The number of rotatable bonds is 0. The molecule has 1 aromatic carbocycles. The summed E-state index contributed by atoms with van der Waals surface area (Å²) in [5.41, 5.74) is 0. The number of thiol groups is 1. The summed E-state index contributed by atoms with van der Waals surface area (Å²) in [6.45, 7) is 0. The topological polar surface area (TPSA) is 31.5 Å². The standard InChI is InChI=1S/C6H6S.H2O.U/c7-6-4-2-1-3-5-6;;/h1-5,7H;1H2;. The third-order valence-corrected chi connectivity index (χ3v) is 1.05. The van der Waals surface area contributed by atoms with E-state index in [2.05, 4.69) is 12.6 Å². The van der Waals surface area contributed by atoms with Crippen LogP contribution in [-0.2, 0) is 0 Å². The molecule has 0 bridgehead atoms. The summed E-state index contributed by atoms with van der Waals surface area (Å²) in [4.78, 5) is 1.02. The van der Waals surface area contributed by atoms with E-state index in [1.165, 1.54) is 0 Å². The monoisotopic (exact) mass is 366 g/mol.